The van der Waals surface area contributed by atoms with Gasteiger partial charge in [-0.25, -0.2) is 0 Å². The zero-order valence-corrected chi connectivity index (χ0v) is 15.5. The fraction of sp³-hybridized carbons (Fsp3) is 0.250. The molecular weight excluding hydrogens is 389 g/mol. The van der Waals surface area contributed by atoms with Crippen LogP contribution in [0, 0.1) is 0 Å². The normalized spacial score (nSPS) is 12.4. The van der Waals surface area contributed by atoms with Gasteiger partial charge in [0.05, 0.1) is 0 Å². The molecule has 0 aliphatic carbocycles. The minimum absolute atomic E-state index is 0.359. The summed E-state index contributed by atoms with van der Waals surface area (Å²) in [6.45, 7) is 0. The van der Waals surface area contributed by atoms with Crippen molar-refractivity contribution < 1.29 is 0 Å². The van der Waals surface area contributed by atoms with Gasteiger partial charge in [-0.1, -0.05) is 45.2 Å². The number of hydrogen-bond acceptors (Lipinski definition) is 2. The van der Waals surface area contributed by atoms with Crippen LogP contribution >= 0.6 is 50.9 Å². The Kier molecular flexibility index (Phi) is 6.90. The lowest BCUT2D eigenvalue weighted by atomic mass is 10.1. The predicted octanol–water partition coefficient (Wildman–Crippen LogP) is 5.68. The molecule has 1 unspecified atom stereocenters. The summed E-state index contributed by atoms with van der Waals surface area (Å²) in [5.41, 5.74) is 1.12. The van der Waals surface area contributed by atoms with E-state index in [2.05, 4.69) is 45.5 Å². The lowest BCUT2D eigenvalue weighted by molar-refractivity contribution is 0.617. The lowest BCUT2D eigenvalue weighted by Gasteiger charge is -2.17. The van der Waals surface area contributed by atoms with Crippen molar-refractivity contribution >= 4 is 50.9 Å². The largest absolute Gasteiger partial charge is 0.316 e. The van der Waals surface area contributed by atoms with Crippen LogP contribution in [0.5, 0.6) is 0 Å². The van der Waals surface area contributed by atoms with Crippen molar-refractivity contribution in [2.45, 2.75) is 17.4 Å². The molecule has 2 aromatic carbocycles. The van der Waals surface area contributed by atoms with E-state index in [0.717, 1.165) is 27.2 Å². The second-order valence-electron chi connectivity index (χ2n) is 4.69. The number of likely N-dealkylation sites (N-methyl/N-ethyl adjacent to an activating group) is 1. The molecule has 0 amide bonds. The number of benzene rings is 2. The van der Waals surface area contributed by atoms with Crippen molar-refractivity contribution in [2.24, 2.45) is 0 Å². The van der Waals surface area contributed by atoms with Crippen LogP contribution in [-0.4, -0.2) is 18.8 Å². The first-order valence-electron chi connectivity index (χ1n) is 6.58. The highest BCUT2D eigenvalue weighted by Crippen LogP contribution is 2.25. The third-order valence-electron chi connectivity index (χ3n) is 3.15. The molecule has 1 nitrogen and oxygen atoms in total. The van der Waals surface area contributed by atoms with E-state index in [9.17, 15) is 0 Å². The van der Waals surface area contributed by atoms with Gasteiger partial charge in [0.1, 0.15) is 0 Å². The Bertz CT molecular complexity index is 589. The van der Waals surface area contributed by atoms with Crippen molar-refractivity contribution in [2.75, 3.05) is 12.8 Å². The van der Waals surface area contributed by atoms with Crippen molar-refractivity contribution in [3.05, 3.63) is 62.5 Å². The minimum Gasteiger partial charge on any atom is -0.316 e. The molecule has 0 bridgehead atoms. The summed E-state index contributed by atoms with van der Waals surface area (Å²) < 4.78 is 1.10. The predicted molar refractivity (Wildman–Crippen MR) is 97.9 cm³/mol. The quantitative estimate of drug-likeness (QED) is 0.621. The van der Waals surface area contributed by atoms with Gasteiger partial charge in [-0.2, -0.15) is 0 Å². The third kappa shape index (κ3) is 5.50. The second-order valence-corrected chi connectivity index (χ2v) is 7.54. The van der Waals surface area contributed by atoms with Crippen LogP contribution in [0.2, 0.25) is 10.0 Å². The summed E-state index contributed by atoms with van der Waals surface area (Å²) in [5, 5.41) is 4.76. The molecule has 0 saturated carbocycles. The van der Waals surface area contributed by atoms with Crippen LogP contribution in [0.4, 0.5) is 0 Å². The summed E-state index contributed by atoms with van der Waals surface area (Å²) in [6.07, 6.45) is 0.885. The van der Waals surface area contributed by atoms with Crippen molar-refractivity contribution in [3.8, 4) is 0 Å². The molecule has 5 heteroatoms. The first-order chi connectivity index (χ1) is 10.1. The monoisotopic (exact) mass is 403 g/mol. The summed E-state index contributed by atoms with van der Waals surface area (Å²) in [5.74, 6) is 0.983. The van der Waals surface area contributed by atoms with Gasteiger partial charge in [-0.3, -0.25) is 0 Å². The molecule has 112 valence electrons. The fourth-order valence-electron chi connectivity index (χ4n) is 1.92. The standard InChI is InChI=1S/C16H16BrCl2NS/c1-20-14(8-11-2-5-13(18)9-16(11)19)10-21-15-6-3-12(17)4-7-15/h2-7,9,14,20H,8,10H2,1H3. The molecule has 21 heavy (non-hydrogen) atoms. The summed E-state index contributed by atoms with van der Waals surface area (Å²) in [6, 6.07) is 14.4. The first kappa shape index (κ1) is 17.2. The Morgan fingerprint density at radius 3 is 2.48 bits per heavy atom. The van der Waals surface area contributed by atoms with Gasteiger partial charge in [-0.15, -0.1) is 11.8 Å². The molecule has 1 N–H and O–H groups in total. The van der Waals surface area contributed by atoms with Crippen LogP contribution in [0.1, 0.15) is 5.56 Å². The Morgan fingerprint density at radius 2 is 1.86 bits per heavy atom. The van der Waals surface area contributed by atoms with Gasteiger partial charge < -0.3 is 5.32 Å². The minimum atomic E-state index is 0.359. The highest BCUT2D eigenvalue weighted by molar-refractivity contribution is 9.10. The van der Waals surface area contributed by atoms with Crippen molar-refractivity contribution in [3.63, 3.8) is 0 Å². The van der Waals surface area contributed by atoms with Crippen molar-refractivity contribution in [1.82, 2.24) is 5.32 Å². The topological polar surface area (TPSA) is 12.0 Å². The number of rotatable bonds is 6. The van der Waals surface area contributed by atoms with Gasteiger partial charge in [0.25, 0.3) is 0 Å². The van der Waals surface area contributed by atoms with Crippen LogP contribution < -0.4 is 5.32 Å². The maximum atomic E-state index is 6.24. The third-order valence-corrected chi connectivity index (χ3v) is 5.44. The molecule has 2 rings (SSSR count). The molecule has 0 heterocycles. The van der Waals surface area contributed by atoms with Crippen molar-refractivity contribution in [1.29, 1.82) is 0 Å². The fourth-order valence-corrected chi connectivity index (χ4v) is 3.68. The van der Waals surface area contributed by atoms with Gasteiger partial charge in [-0.05, 0) is 55.4 Å². The van der Waals surface area contributed by atoms with Crippen LogP contribution in [0.25, 0.3) is 0 Å². The SMILES string of the molecule is CNC(CSc1ccc(Br)cc1)Cc1ccc(Cl)cc1Cl. The maximum absolute atomic E-state index is 6.24. The zero-order chi connectivity index (χ0) is 15.2. The van der Waals surface area contributed by atoms with E-state index >= 15 is 0 Å². The Balaban J connectivity index is 1.95. The van der Waals surface area contributed by atoms with Gasteiger partial charge in [0, 0.05) is 31.2 Å². The summed E-state index contributed by atoms with van der Waals surface area (Å²) in [7, 11) is 1.98. The molecule has 0 radical (unpaired) electrons. The summed E-state index contributed by atoms with van der Waals surface area (Å²) in [4.78, 5) is 1.26. The maximum Gasteiger partial charge on any atom is 0.0453 e. The van der Waals surface area contributed by atoms with E-state index < -0.39 is 0 Å². The first-order valence-corrected chi connectivity index (χ1v) is 9.11. The smallest absolute Gasteiger partial charge is 0.0453 e. The Hall–Kier alpha value is -0.190. The van der Waals surface area contributed by atoms with E-state index in [1.54, 1.807) is 6.07 Å². The molecule has 0 aliphatic heterocycles. The van der Waals surface area contributed by atoms with Crippen LogP contribution in [0.15, 0.2) is 51.8 Å². The molecule has 0 spiro atoms. The van der Waals surface area contributed by atoms with Crippen LogP contribution in [-0.2, 0) is 6.42 Å². The highest BCUT2D eigenvalue weighted by atomic mass is 79.9. The Labute approximate surface area is 148 Å². The number of nitrogens with one attached hydrogen (secondary N) is 1. The number of halogens is 3. The number of hydrogen-bond donors (Lipinski definition) is 1. The van der Waals surface area contributed by atoms with E-state index in [1.807, 2.05) is 30.9 Å². The van der Waals surface area contributed by atoms with Gasteiger partial charge in [0.2, 0.25) is 0 Å². The second kappa shape index (κ2) is 8.44. The molecule has 0 aromatic heterocycles. The van der Waals surface area contributed by atoms with Gasteiger partial charge >= 0.3 is 0 Å². The average molecular weight is 405 g/mol. The lowest BCUT2D eigenvalue weighted by Crippen LogP contribution is -2.30. The Morgan fingerprint density at radius 1 is 1.14 bits per heavy atom. The molecule has 2 aromatic rings. The highest BCUT2D eigenvalue weighted by Gasteiger charge is 2.11. The molecule has 0 fully saturated rings. The van der Waals surface area contributed by atoms with E-state index in [1.165, 1.54) is 4.90 Å². The summed E-state index contributed by atoms with van der Waals surface area (Å²) >= 11 is 17.5. The van der Waals surface area contributed by atoms with E-state index in [0.29, 0.717) is 11.1 Å². The van der Waals surface area contributed by atoms with Crippen LogP contribution in [0.3, 0.4) is 0 Å². The molecule has 0 saturated heterocycles. The molecule has 1 atom stereocenters. The molecular formula is C16H16BrCl2NS. The zero-order valence-electron chi connectivity index (χ0n) is 11.6. The number of thioether (sulfide) groups is 1. The van der Waals surface area contributed by atoms with E-state index in [-0.39, 0.29) is 0 Å². The van der Waals surface area contributed by atoms with Gasteiger partial charge in [0.15, 0.2) is 0 Å². The molecule has 0 aliphatic rings. The average Bonchev–Trinajstić information content (AvgIpc) is 2.47. The van der Waals surface area contributed by atoms with E-state index in [4.69, 9.17) is 23.2 Å².